The molecule has 0 aliphatic rings. The molecule has 6 nitrogen and oxygen atoms in total. The van der Waals surface area contributed by atoms with Crippen molar-refractivity contribution in [3.63, 3.8) is 0 Å². The first-order valence-electron chi connectivity index (χ1n) is 4.01. The SMILES string of the molecule is CCC(N)(N)[CH-]CC(=O)C(N)(N)N.[U]. The van der Waals surface area contributed by atoms with Gasteiger partial charge in [0.15, 0.2) is 11.6 Å². The molecule has 10 N–H and O–H groups in total. The first-order valence-corrected chi connectivity index (χ1v) is 4.01. The van der Waals surface area contributed by atoms with Crippen LogP contribution in [0.25, 0.3) is 0 Å². The standard InChI is InChI=1S/C7H18N5O.U/c1-2-6(8,9)4-3-5(13)7(10,11)12;/h4H,2-3,8-12H2,1H3;/q-1;. The minimum Gasteiger partial charge on any atom is -0.341 e. The quantitative estimate of drug-likeness (QED) is 0.247. The van der Waals surface area contributed by atoms with Gasteiger partial charge in [0, 0.05) is 31.1 Å². The van der Waals surface area contributed by atoms with Crippen LogP contribution in [0, 0.1) is 37.5 Å². The molecule has 0 spiro atoms. The maximum atomic E-state index is 11.1. The fraction of sp³-hybridized carbons (Fsp3) is 0.714. The first-order chi connectivity index (χ1) is 5.69. The van der Waals surface area contributed by atoms with E-state index in [2.05, 4.69) is 0 Å². The number of ketones is 1. The molecule has 0 rings (SSSR count). The van der Waals surface area contributed by atoms with Gasteiger partial charge in [-0.3, -0.25) is 28.4 Å². The molecule has 0 aliphatic carbocycles. The van der Waals surface area contributed by atoms with Crippen LogP contribution in [0.15, 0.2) is 0 Å². The van der Waals surface area contributed by atoms with Gasteiger partial charge in [0.05, 0.1) is 0 Å². The average Bonchev–Trinajstić information content (AvgIpc) is 1.98. The largest absolute Gasteiger partial charge is 0.341 e. The summed E-state index contributed by atoms with van der Waals surface area (Å²) in [5, 5.41) is 0. The zero-order chi connectivity index (χ0) is 10.7. The Morgan fingerprint density at radius 2 is 1.64 bits per heavy atom. The molecule has 0 atom stereocenters. The van der Waals surface area contributed by atoms with Crippen molar-refractivity contribution in [1.82, 2.24) is 0 Å². The Morgan fingerprint density at radius 1 is 1.21 bits per heavy atom. The molecule has 82 valence electrons. The molecule has 0 amide bonds. The fourth-order valence-corrected chi connectivity index (χ4v) is 0.604. The van der Waals surface area contributed by atoms with Crippen molar-refractivity contribution >= 4 is 5.78 Å². The van der Waals surface area contributed by atoms with Gasteiger partial charge in [0.2, 0.25) is 0 Å². The zero-order valence-corrected chi connectivity index (χ0v) is 12.5. The van der Waals surface area contributed by atoms with Gasteiger partial charge in [0.25, 0.3) is 0 Å². The zero-order valence-electron chi connectivity index (χ0n) is 8.29. The summed E-state index contributed by atoms with van der Waals surface area (Å²) in [7, 11) is 0. The molecule has 0 saturated carbocycles. The summed E-state index contributed by atoms with van der Waals surface area (Å²) in [5.74, 6) is -2.30. The molecule has 0 bridgehead atoms. The summed E-state index contributed by atoms with van der Waals surface area (Å²) in [6.45, 7) is 1.81. The smallest absolute Gasteiger partial charge is 0.174 e. The Kier molecular flexibility index (Phi) is 7.48. The van der Waals surface area contributed by atoms with Gasteiger partial charge in [-0.15, -0.1) is 6.42 Å². The van der Waals surface area contributed by atoms with E-state index in [9.17, 15) is 4.79 Å². The van der Waals surface area contributed by atoms with Crippen LogP contribution in [-0.4, -0.2) is 17.2 Å². The van der Waals surface area contributed by atoms with E-state index in [0.717, 1.165) is 0 Å². The Morgan fingerprint density at radius 3 is 1.93 bits per heavy atom. The third kappa shape index (κ3) is 6.90. The molecule has 0 radical (unpaired) electrons. The van der Waals surface area contributed by atoms with Gasteiger partial charge < -0.3 is 11.5 Å². The maximum Gasteiger partial charge on any atom is 0.174 e. The number of carbonyl (C=O) groups excluding carboxylic acids is 1. The summed E-state index contributed by atoms with van der Waals surface area (Å²) in [4.78, 5) is 11.1. The van der Waals surface area contributed by atoms with Crippen LogP contribution in [0.5, 0.6) is 0 Å². The molecule has 7 heteroatoms. The van der Waals surface area contributed by atoms with Gasteiger partial charge in [0.1, 0.15) is 0 Å². The van der Waals surface area contributed by atoms with Crippen LogP contribution >= 0.6 is 0 Å². The Balaban J connectivity index is 0. The second-order valence-corrected chi connectivity index (χ2v) is 3.23. The minimum absolute atomic E-state index is 0. The van der Waals surface area contributed by atoms with Crippen molar-refractivity contribution in [1.29, 1.82) is 0 Å². The van der Waals surface area contributed by atoms with E-state index in [1.165, 1.54) is 6.42 Å². The number of carbonyl (C=O) groups is 1. The number of nitrogens with two attached hydrogens (primary N) is 5. The molecule has 0 fully saturated rings. The monoisotopic (exact) mass is 426 g/mol. The normalized spacial score (nSPS) is 12.1. The number of Topliss-reactive ketones (excluding diaryl/α,β-unsaturated/α-hetero) is 1. The molecule has 0 heterocycles. The number of rotatable bonds is 5. The van der Waals surface area contributed by atoms with Crippen molar-refractivity contribution in [3.05, 3.63) is 6.42 Å². The van der Waals surface area contributed by atoms with E-state index >= 15 is 0 Å². The van der Waals surface area contributed by atoms with Gasteiger partial charge in [-0.1, -0.05) is 19.0 Å². The summed E-state index contributed by atoms with van der Waals surface area (Å²) >= 11 is 0. The van der Waals surface area contributed by atoms with Crippen molar-refractivity contribution < 1.29 is 35.9 Å². The molecule has 0 aromatic rings. The summed E-state index contributed by atoms with van der Waals surface area (Å²) in [6, 6.07) is 0. The molecule has 14 heavy (non-hydrogen) atoms. The van der Waals surface area contributed by atoms with E-state index in [0.29, 0.717) is 6.42 Å². The second-order valence-electron chi connectivity index (χ2n) is 3.23. The molecule has 0 aliphatic heterocycles. The predicted molar refractivity (Wildman–Crippen MR) is 50.6 cm³/mol. The number of hydrogen-bond donors (Lipinski definition) is 5. The van der Waals surface area contributed by atoms with Crippen LogP contribution < -0.4 is 28.7 Å². The molecule has 0 aromatic heterocycles. The van der Waals surface area contributed by atoms with Gasteiger partial charge in [-0.05, 0) is 0 Å². The Labute approximate surface area is 108 Å². The first kappa shape index (κ1) is 16.9. The van der Waals surface area contributed by atoms with Crippen LogP contribution in [0.1, 0.15) is 19.8 Å². The van der Waals surface area contributed by atoms with Crippen molar-refractivity contribution in [2.24, 2.45) is 28.7 Å². The maximum absolute atomic E-state index is 11.1. The number of hydrogen-bond acceptors (Lipinski definition) is 6. The Bertz CT molecular complexity index is 189. The van der Waals surface area contributed by atoms with Crippen LogP contribution in [0.4, 0.5) is 0 Å². The third-order valence-corrected chi connectivity index (χ3v) is 1.76. The predicted octanol–water partition coefficient (Wildman–Crippen LogP) is -2.30. The van der Waals surface area contributed by atoms with E-state index < -0.39 is 17.2 Å². The topological polar surface area (TPSA) is 147 Å². The van der Waals surface area contributed by atoms with Gasteiger partial charge in [-0.25, -0.2) is 0 Å². The van der Waals surface area contributed by atoms with Crippen LogP contribution in [0.2, 0.25) is 0 Å². The molecule has 0 unspecified atom stereocenters. The summed E-state index contributed by atoms with van der Waals surface area (Å²) < 4.78 is 0. The van der Waals surface area contributed by atoms with Crippen LogP contribution in [-0.2, 0) is 4.79 Å². The van der Waals surface area contributed by atoms with Crippen molar-refractivity contribution in [2.45, 2.75) is 31.2 Å². The van der Waals surface area contributed by atoms with Crippen LogP contribution in [0.3, 0.4) is 0 Å². The third-order valence-electron chi connectivity index (χ3n) is 1.76. The molecule has 0 aromatic carbocycles. The second kappa shape index (κ2) is 6.18. The van der Waals surface area contributed by atoms with E-state index in [1.807, 2.05) is 6.92 Å². The molecular formula is C7H18N5OU-. The van der Waals surface area contributed by atoms with Crippen molar-refractivity contribution in [3.8, 4) is 0 Å². The average molecular weight is 426 g/mol. The molecule has 0 saturated heterocycles. The van der Waals surface area contributed by atoms with Gasteiger partial charge in [-0.2, -0.15) is 0 Å². The molecular weight excluding hydrogens is 408 g/mol. The van der Waals surface area contributed by atoms with E-state index in [1.54, 1.807) is 0 Å². The van der Waals surface area contributed by atoms with E-state index in [-0.39, 0.29) is 37.5 Å². The Hall–Kier alpha value is 0.522. The van der Waals surface area contributed by atoms with Crippen molar-refractivity contribution in [2.75, 3.05) is 0 Å². The summed E-state index contributed by atoms with van der Waals surface area (Å²) in [6.07, 6.45) is 1.95. The van der Waals surface area contributed by atoms with E-state index in [4.69, 9.17) is 28.7 Å². The minimum atomic E-state index is -1.81. The van der Waals surface area contributed by atoms with Gasteiger partial charge >= 0.3 is 0 Å². The summed E-state index contributed by atoms with van der Waals surface area (Å²) in [5.41, 5.74) is 25.6. The fourth-order valence-electron chi connectivity index (χ4n) is 0.604.